The molecule has 0 atom stereocenters. The highest BCUT2D eigenvalue weighted by molar-refractivity contribution is 7.98. The van der Waals surface area contributed by atoms with Crippen molar-refractivity contribution in [3.8, 4) is 0 Å². The van der Waals surface area contributed by atoms with Crippen molar-refractivity contribution in [3.05, 3.63) is 58.9 Å². The predicted octanol–water partition coefficient (Wildman–Crippen LogP) is 4.90. The van der Waals surface area contributed by atoms with Crippen LogP contribution in [0.3, 0.4) is 0 Å². The quantitative estimate of drug-likeness (QED) is 0.727. The van der Waals surface area contributed by atoms with Gasteiger partial charge >= 0.3 is 0 Å². The van der Waals surface area contributed by atoms with Crippen LogP contribution in [-0.2, 0) is 5.75 Å². The molecule has 0 N–H and O–H groups in total. The molecule has 1 aromatic heterocycles. The molecule has 0 radical (unpaired) electrons. The van der Waals surface area contributed by atoms with Crippen molar-refractivity contribution in [2.24, 2.45) is 5.92 Å². The van der Waals surface area contributed by atoms with Gasteiger partial charge in [0.15, 0.2) is 0 Å². The molecule has 1 aliphatic rings. The summed E-state index contributed by atoms with van der Waals surface area (Å²) in [6, 6.07) is 9.75. The Kier molecular flexibility index (Phi) is 5.80. The van der Waals surface area contributed by atoms with Crippen LogP contribution in [0.5, 0.6) is 0 Å². The zero-order chi connectivity index (χ0) is 16.9. The van der Waals surface area contributed by atoms with Crippen LogP contribution in [0.1, 0.15) is 35.7 Å². The van der Waals surface area contributed by atoms with Crippen molar-refractivity contribution in [1.29, 1.82) is 0 Å². The standard InChI is InChI=1S/C19H21ClN2OS/c1-14-6-8-22(9-7-14)19(23)16-10-15(11-21-12-16)13-24-18-5-3-2-4-17(18)20/h2-5,10-12,14H,6-9,13H2,1H3. The highest BCUT2D eigenvalue weighted by Gasteiger charge is 2.21. The Morgan fingerprint density at radius 3 is 2.79 bits per heavy atom. The van der Waals surface area contributed by atoms with Gasteiger partial charge in [0.05, 0.1) is 10.6 Å². The number of piperidine rings is 1. The first kappa shape index (κ1) is 17.3. The summed E-state index contributed by atoms with van der Waals surface area (Å²) in [6.07, 6.45) is 5.66. The number of likely N-dealkylation sites (tertiary alicyclic amines) is 1. The van der Waals surface area contributed by atoms with Crippen molar-refractivity contribution in [2.75, 3.05) is 13.1 Å². The van der Waals surface area contributed by atoms with Gasteiger partial charge in [0.2, 0.25) is 0 Å². The highest BCUT2D eigenvalue weighted by atomic mass is 35.5. The lowest BCUT2D eigenvalue weighted by atomic mass is 9.99. The minimum absolute atomic E-state index is 0.0963. The molecule has 0 bridgehead atoms. The summed E-state index contributed by atoms with van der Waals surface area (Å²) in [5.74, 6) is 1.55. The number of pyridine rings is 1. The summed E-state index contributed by atoms with van der Waals surface area (Å²) in [5, 5.41) is 0.755. The van der Waals surface area contributed by atoms with Gasteiger partial charge in [0, 0.05) is 36.1 Å². The van der Waals surface area contributed by atoms with Crippen molar-refractivity contribution in [2.45, 2.75) is 30.4 Å². The summed E-state index contributed by atoms with van der Waals surface area (Å²) >= 11 is 7.85. The second-order valence-corrected chi connectivity index (χ2v) is 7.70. The number of benzene rings is 1. The molecule has 1 aliphatic heterocycles. The van der Waals surface area contributed by atoms with Gasteiger partial charge < -0.3 is 4.90 Å². The SMILES string of the molecule is CC1CCN(C(=O)c2cncc(CSc3ccccc3Cl)c2)CC1. The maximum Gasteiger partial charge on any atom is 0.255 e. The van der Waals surface area contributed by atoms with Crippen molar-refractivity contribution < 1.29 is 4.79 Å². The molecule has 1 saturated heterocycles. The van der Waals surface area contributed by atoms with Gasteiger partial charge in [-0.3, -0.25) is 9.78 Å². The van der Waals surface area contributed by atoms with E-state index in [1.165, 1.54) is 0 Å². The molecule has 5 heteroatoms. The molecule has 1 aromatic carbocycles. The van der Waals surface area contributed by atoms with Crippen LogP contribution in [0.15, 0.2) is 47.6 Å². The summed E-state index contributed by atoms with van der Waals surface area (Å²) in [7, 11) is 0. The third-order valence-corrected chi connectivity index (χ3v) is 5.93. The van der Waals surface area contributed by atoms with Crippen LogP contribution in [0, 0.1) is 5.92 Å². The molecular formula is C19H21ClN2OS. The lowest BCUT2D eigenvalue weighted by molar-refractivity contribution is 0.0696. The van der Waals surface area contributed by atoms with E-state index in [9.17, 15) is 4.79 Å². The van der Waals surface area contributed by atoms with E-state index >= 15 is 0 Å². The fraction of sp³-hybridized carbons (Fsp3) is 0.368. The third-order valence-electron chi connectivity index (χ3n) is 4.34. The fourth-order valence-electron chi connectivity index (χ4n) is 2.80. The van der Waals surface area contributed by atoms with Gasteiger partial charge in [-0.05, 0) is 42.5 Å². The topological polar surface area (TPSA) is 33.2 Å². The van der Waals surface area contributed by atoms with Gasteiger partial charge in [-0.25, -0.2) is 0 Å². The van der Waals surface area contributed by atoms with Gasteiger partial charge in [-0.15, -0.1) is 11.8 Å². The van der Waals surface area contributed by atoms with Gasteiger partial charge in [0.1, 0.15) is 0 Å². The minimum Gasteiger partial charge on any atom is -0.339 e. The van der Waals surface area contributed by atoms with Crippen LogP contribution >= 0.6 is 23.4 Å². The lowest BCUT2D eigenvalue weighted by Gasteiger charge is -2.30. The number of carbonyl (C=O) groups is 1. The zero-order valence-corrected chi connectivity index (χ0v) is 15.3. The Labute approximate surface area is 152 Å². The third kappa shape index (κ3) is 4.31. The number of halogens is 1. The molecular weight excluding hydrogens is 340 g/mol. The molecule has 1 fully saturated rings. The summed E-state index contributed by atoms with van der Waals surface area (Å²) in [4.78, 5) is 19.9. The number of nitrogens with zero attached hydrogens (tertiary/aromatic N) is 2. The second kappa shape index (κ2) is 8.04. The summed E-state index contributed by atoms with van der Waals surface area (Å²) in [6.45, 7) is 3.94. The number of hydrogen-bond acceptors (Lipinski definition) is 3. The average molecular weight is 361 g/mol. The zero-order valence-electron chi connectivity index (χ0n) is 13.7. The molecule has 2 aromatic rings. The first-order chi connectivity index (χ1) is 11.6. The van der Waals surface area contributed by atoms with Crippen molar-refractivity contribution in [1.82, 2.24) is 9.88 Å². The van der Waals surface area contributed by atoms with Crippen molar-refractivity contribution >= 4 is 29.3 Å². The van der Waals surface area contributed by atoms with Crippen LogP contribution < -0.4 is 0 Å². The molecule has 0 unspecified atom stereocenters. The fourth-order valence-corrected chi connectivity index (χ4v) is 3.96. The highest BCUT2D eigenvalue weighted by Crippen LogP contribution is 2.29. The number of thioether (sulfide) groups is 1. The first-order valence-corrected chi connectivity index (χ1v) is 9.60. The van der Waals surface area contributed by atoms with E-state index in [-0.39, 0.29) is 5.91 Å². The number of aromatic nitrogens is 1. The lowest BCUT2D eigenvalue weighted by Crippen LogP contribution is -2.37. The predicted molar refractivity (Wildman–Crippen MR) is 99.6 cm³/mol. The first-order valence-electron chi connectivity index (χ1n) is 8.24. The minimum atomic E-state index is 0.0963. The van der Waals surface area contributed by atoms with Crippen LogP contribution in [0.4, 0.5) is 0 Å². The Morgan fingerprint density at radius 1 is 1.29 bits per heavy atom. The van der Waals surface area contributed by atoms with Gasteiger partial charge in [-0.1, -0.05) is 30.7 Å². The van der Waals surface area contributed by atoms with E-state index in [1.54, 1.807) is 18.0 Å². The Balaban J connectivity index is 1.65. The summed E-state index contributed by atoms with van der Waals surface area (Å²) < 4.78 is 0. The number of carbonyl (C=O) groups excluding carboxylic acids is 1. The van der Waals surface area contributed by atoms with E-state index < -0.39 is 0 Å². The molecule has 0 spiro atoms. The van der Waals surface area contributed by atoms with E-state index in [2.05, 4.69) is 11.9 Å². The maximum absolute atomic E-state index is 12.6. The summed E-state index contributed by atoms with van der Waals surface area (Å²) in [5.41, 5.74) is 1.72. The number of hydrogen-bond donors (Lipinski definition) is 0. The van der Waals surface area contributed by atoms with Crippen LogP contribution in [-0.4, -0.2) is 28.9 Å². The molecule has 0 saturated carbocycles. The molecule has 126 valence electrons. The Morgan fingerprint density at radius 2 is 2.04 bits per heavy atom. The molecule has 24 heavy (non-hydrogen) atoms. The molecule has 0 aliphatic carbocycles. The van der Waals surface area contributed by atoms with E-state index in [0.717, 1.165) is 47.2 Å². The van der Waals surface area contributed by atoms with E-state index in [4.69, 9.17) is 11.6 Å². The molecule has 3 rings (SSSR count). The van der Waals surface area contributed by atoms with Crippen molar-refractivity contribution in [3.63, 3.8) is 0 Å². The van der Waals surface area contributed by atoms with Gasteiger partial charge in [-0.2, -0.15) is 0 Å². The maximum atomic E-state index is 12.6. The Hall–Kier alpha value is -1.52. The number of amides is 1. The van der Waals surface area contributed by atoms with Crippen LogP contribution in [0.25, 0.3) is 0 Å². The smallest absolute Gasteiger partial charge is 0.255 e. The van der Waals surface area contributed by atoms with Crippen LogP contribution in [0.2, 0.25) is 5.02 Å². The normalized spacial score (nSPS) is 15.5. The van der Waals surface area contributed by atoms with Gasteiger partial charge in [0.25, 0.3) is 5.91 Å². The second-order valence-electron chi connectivity index (χ2n) is 6.28. The molecule has 3 nitrogen and oxygen atoms in total. The largest absolute Gasteiger partial charge is 0.339 e. The van der Waals surface area contributed by atoms with E-state index in [1.807, 2.05) is 41.4 Å². The van der Waals surface area contributed by atoms with E-state index in [0.29, 0.717) is 11.5 Å². The average Bonchev–Trinajstić information content (AvgIpc) is 2.61. The monoisotopic (exact) mass is 360 g/mol. The number of rotatable bonds is 4. The molecule has 1 amide bonds. The molecule has 2 heterocycles. The Bertz CT molecular complexity index is 714.